The second-order valence-corrected chi connectivity index (χ2v) is 1.70. The quantitative estimate of drug-likeness (QED) is 0.513. The summed E-state index contributed by atoms with van der Waals surface area (Å²) in [5.41, 5.74) is -0.417. The molecular formula is C5H7N3O2. The van der Waals surface area contributed by atoms with Crippen LogP contribution in [-0.2, 0) is 7.05 Å². The van der Waals surface area contributed by atoms with Crippen LogP contribution in [0.5, 0.6) is 5.88 Å². The summed E-state index contributed by atoms with van der Waals surface area (Å²) < 4.78 is 5.79. The molecule has 10 heavy (non-hydrogen) atoms. The van der Waals surface area contributed by atoms with Gasteiger partial charge in [-0.3, -0.25) is 0 Å². The summed E-state index contributed by atoms with van der Waals surface area (Å²) >= 11 is 0. The van der Waals surface area contributed by atoms with Crippen LogP contribution < -0.4 is 10.4 Å². The SMILES string of the molecule is COc1cnn(C)c(=O)n1. The third kappa shape index (κ3) is 1.12. The van der Waals surface area contributed by atoms with E-state index in [1.807, 2.05) is 0 Å². The Hall–Kier alpha value is -1.39. The normalized spacial score (nSPS) is 9.40. The van der Waals surface area contributed by atoms with Crippen molar-refractivity contribution in [3.63, 3.8) is 0 Å². The van der Waals surface area contributed by atoms with Crippen LogP contribution in [-0.4, -0.2) is 21.9 Å². The predicted octanol–water partition coefficient (Wildman–Crippen LogP) is -0.816. The summed E-state index contributed by atoms with van der Waals surface area (Å²) in [7, 11) is 2.96. The van der Waals surface area contributed by atoms with Crippen LogP contribution >= 0.6 is 0 Å². The van der Waals surface area contributed by atoms with E-state index < -0.39 is 5.69 Å². The lowest BCUT2D eigenvalue weighted by atomic mass is 10.8. The van der Waals surface area contributed by atoms with E-state index in [2.05, 4.69) is 14.8 Å². The second-order valence-electron chi connectivity index (χ2n) is 1.70. The van der Waals surface area contributed by atoms with Gasteiger partial charge in [0.1, 0.15) is 6.20 Å². The van der Waals surface area contributed by atoms with Gasteiger partial charge in [-0.2, -0.15) is 10.1 Å². The summed E-state index contributed by atoms with van der Waals surface area (Å²) in [4.78, 5) is 14.2. The Morgan fingerprint density at radius 2 is 2.40 bits per heavy atom. The van der Waals surface area contributed by atoms with Crippen LogP contribution in [0.1, 0.15) is 0 Å². The summed E-state index contributed by atoms with van der Waals surface area (Å²) in [6, 6.07) is 0. The third-order valence-electron chi connectivity index (χ3n) is 1.03. The first-order valence-electron chi connectivity index (χ1n) is 2.68. The second kappa shape index (κ2) is 2.47. The average molecular weight is 141 g/mol. The van der Waals surface area contributed by atoms with Crippen molar-refractivity contribution in [2.45, 2.75) is 0 Å². The molecule has 0 spiro atoms. The van der Waals surface area contributed by atoms with Crippen LogP contribution in [0.3, 0.4) is 0 Å². The zero-order valence-corrected chi connectivity index (χ0v) is 5.74. The first kappa shape index (κ1) is 6.73. The van der Waals surface area contributed by atoms with Crippen molar-refractivity contribution in [2.24, 2.45) is 7.05 Å². The van der Waals surface area contributed by atoms with Crippen molar-refractivity contribution < 1.29 is 4.74 Å². The Morgan fingerprint density at radius 3 is 2.90 bits per heavy atom. The molecular weight excluding hydrogens is 134 g/mol. The maximum absolute atomic E-state index is 10.7. The fourth-order valence-electron chi connectivity index (χ4n) is 0.479. The molecule has 0 aliphatic heterocycles. The maximum atomic E-state index is 10.7. The minimum atomic E-state index is -0.417. The molecule has 1 aromatic heterocycles. The molecule has 1 rings (SSSR count). The molecule has 5 heteroatoms. The Morgan fingerprint density at radius 1 is 1.70 bits per heavy atom. The van der Waals surface area contributed by atoms with Gasteiger partial charge in [-0.05, 0) is 0 Å². The Balaban J connectivity index is 3.17. The number of hydrogen-bond donors (Lipinski definition) is 0. The van der Waals surface area contributed by atoms with Gasteiger partial charge in [0.15, 0.2) is 0 Å². The molecule has 0 fully saturated rings. The lowest BCUT2D eigenvalue weighted by Crippen LogP contribution is -2.22. The van der Waals surface area contributed by atoms with Crippen LogP contribution in [0.25, 0.3) is 0 Å². The lowest BCUT2D eigenvalue weighted by molar-refractivity contribution is 0.386. The number of ether oxygens (including phenoxy) is 1. The molecule has 1 heterocycles. The van der Waals surface area contributed by atoms with Gasteiger partial charge < -0.3 is 4.74 Å². The molecule has 0 aromatic carbocycles. The predicted molar refractivity (Wildman–Crippen MR) is 33.8 cm³/mol. The van der Waals surface area contributed by atoms with E-state index in [1.165, 1.54) is 20.4 Å². The van der Waals surface area contributed by atoms with Crippen molar-refractivity contribution in [2.75, 3.05) is 7.11 Å². The van der Waals surface area contributed by atoms with Crippen LogP contribution in [0.15, 0.2) is 11.0 Å². The summed E-state index contributed by atoms with van der Waals surface area (Å²) in [6.07, 6.45) is 1.38. The molecule has 54 valence electrons. The van der Waals surface area contributed by atoms with Gasteiger partial charge in [-0.15, -0.1) is 0 Å². The van der Waals surface area contributed by atoms with Gasteiger partial charge >= 0.3 is 5.69 Å². The highest BCUT2D eigenvalue weighted by atomic mass is 16.5. The van der Waals surface area contributed by atoms with Crippen LogP contribution in [0.2, 0.25) is 0 Å². The number of hydrogen-bond acceptors (Lipinski definition) is 4. The minimum absolute atomic E-state index is 0.239. The molecule has 0 atom stereocenters. The van der Waals surface area contributed by atoms with Crippen LogP contribution in [0.4, 0.5) is 0 Å². The van der Waals surface area contributed by atoms with Crippen molar-refractivity contribution in [1.29, 1.82) is 0 Å². The zero-order chi connectivity index (χ0) is 7.56. The topological polar surface area (TPSA) is 57.0 Å². The van der Waals surface area contributed by atoms with E-state index in [4.69, 9.17) is 0 Å². The van der Waals surface area contributed by atoms with E-state index in [0.717, 1.165) is 4.68 Å². The van der Waals surface area contributed by atoms with Crippen molar-refractivity contribution >= 4 is 0 Å². The molecule has 0 radical (unpaired) electrons. The molecule has 0 aliphatic rings. The van der Waals surface area contributed by atoms with Gasteiger partial charge in [0.25, 0.3) is 0 Å². The number of aryl methyl sites for hydroxylation is 1. The maximum Gasteiger partial charge on any atom is 0.366 e. The van der Waals surface area contributed by atoms with E-state index in [-0.39, 0.29) is 5.88 Å². The molecule has 0 saturated heterocycles. The fourth-order valence-corrected chi connectivity index (χ4v) is 0.479. The minimum Gasteiger partial charge on any atom is -0.480 e. The molecule has 0 bridgehead atoms. The van der Waals surface area contributed by atoms with Crippen molar-refractivity contribution in [3.05, 3.63) is 16.7 Å². The Kier molecular flexibility index (Phi) is 1.66. The Labute approximate surface area is 57.3 Å². The zero-order valence-electron chi connectivity index (χ0n) is 5.74. The van der Waals surface area contributed by atoms with E-state index >= 15 is 0 Å². The standard InChI is InChI=1S/C5H7N3O2/c1-8-5(9)7-4(10-2)3-6-8/h3H,1-2H3. The van der Waals surface area contributed by atoms with E-state index in [1.54, 1.807) is 0 Å². The summed E-state index contributed by atoms with van der Waals surface area (Å²) in [6.45, 7) is 0. The fraction of sp³-hybridized carbons (Fsp3) is 0.400. The molecule has 5 nitrogen and oxygen atoms in total. The first-order valence-corrected chi connectivity index (χ1v) is 2.68. The smallest absolute Gasteiger partial charge is 0.366 e. The summed E-state index contributed by atoms with van der Waals surface area (Å²) in [5, 5.41) is 3.67. The van der Waals surface area contributed by atoms with Gasteiger partial charge in [0.2, 0.25) is 5.88 Å². The van der Waals surface area contributed by atoms with Crippen molar-refractivity contribution in [3.8, 4) is 5.88 Å². The number of rotatable bonds is 1. The first-order chi connectivity index (χ1) is 4.74. The van der Waals surface area contributed by atoms with Gasteiger partial charge in [-0.25, -0.2) is 9.48 Å². The highest BCUT2D eigenvalue weighted by Gasteiger charge is 1.94. The number of aromatic nitrogens is 3. The van der Waals surface area contributed by atoms with Crippen molar-refractivity contribution in [1.82, 2.24) is 14.8 Å². The molecule has 0 N–H and O–H groups in total. The van der Waals surface area contributed by atoms with E-state index in [0.29, 0.717) is 0 Å². The highest BCUT2D eigenvalue weighted by molar-refractivity contribution is 4.98. The number of methoxy groups -OCH3 is 1. The van der Waals surface area contributed by atoms with Gasteiger partial charge in [-0.1, -0.05) is 0 Å². The molecule has 0 amide bonds. The monoisotopic (exact) mass is 141 g/mol. The van der Waals surface area contributed by atoms with Gasteiger partial charge in [0.05, 0.1) is 7.11 Å². The molecule has 0 unspecified atom stereocenters. The molecule has 0 aliphatic carbocycles. The third-order valence-corrected chi connectivity index (χ3v) is 1.03. The summed E-state index contributed by atoms with van der Waals surface area (Å²) in [5.74, 6) is 0.239. The molecule has 1 aromatic rings. The van der Waals surface area contributed by atoms with Crippen LogP contribution in [0, 0.1) is 0 Å². The molecule has 0 saturated carbocycles. The largest absolute Gasteiger partial charge is 0.480 e. The lowest BCUT2D eigenvalue weighted by Gasteiger charge is -1.96. The Bertz CT molecular complexity index is 280. The van der Waals surface area contributed by atoms with Gasteiger partial charge in [0, 0.05) is 7.05 Å². The highest BCUT2D eigenvalue weighted by Crippen LogP contribution is 1.93. The average Bonchev–Trinajstić information content (AvgIpc) is 1.95. The number of nitrogens with zero attached hydrogens (tertiary/aromatic N) is 3. The van der Waals surface area contributed by atoms with E-state index in [9.17, 15) is 4.79 Å².